The molecule has 5 heteroatoms. The number of hydrogen-bond donors (Lipinski definition) is 1. The van der Waals surface area contributed by atoms with Gasteiger partial charge in [0.2, 0.25) is 5.91 Å². The average Bonchev–Trinajstić information content (AvgIpc) is 2.99. The van der Waals surface area contributed by atoms with Crippen molar-refractivity contribution in [1.82, 2.24) is 9.99 Å². The van der Waals surface area contributed by atoms with Crippen LogP contribution in [0.4, 0.5) is 0 Å². The highest BCUT2D eigenvalue weighted by atomic mass is 16.3. The van der Waals surface area contributed by atoms with Crippen molar-refractivity contribution in [2.75, 3.05) is 0 Å². The van der Waals surface area contributed by atoms with Crippen molar-refractivity contribution in [3.8, 4) is 0 Å². The fourth-order valence-electron chi connectivity index (χ4n) is 1.57. The van der Waals surface area contributed by atoms with Crippen LogP contribution in [-0.2, 0) is 18.3 Å². The molecule has 0 saturated heterocycles. The van der Waals surface area contributed by atoms with E-state index in [1.54, 1.807) is 25.3 Å². The first-order valence-corrected chi connectivity index (χ1v) is 5.64. The lowest BCUT2D eigenvalue weighted by Gasteiger charge is -2.02. The van der Waals surface area contributed by atoms with E-state index < -0.39 is 0 Å². The largest absolute Gasteiger partial charge is 0.463 e. The molecule has 0 fully saturated rings. The van der Waals surface area contributed by atoms with Crippen LogP contribution < -0.4 is 5.43 Å². The third-order valence-electron chi connectivity index (χ3n) is 2.62. The summed E-state index contributed by atoms with van der Waals surface area (Å²) in [5.41, 5.74) is 4.09. The Bertz CT molecular complexity index is 553. The molecule has 94 valence electrons. The molecule has 0 aromatic carbocycles. The fourth-order valence-corrected chi connectivity index (χ4v) is 1.57. The normalized spacial score (nSPS) is 11.6. The molecule has 0 aliphatic heterocycles. The molecular weight excluding hydrogens is 230 g/mol. The van der Waals surface area contributed by atoms with E-state index >= 15 is 0 Å². The maximum Gasteiger partial charge on any atom is 0.246 e. The number of hydrogen-bond acceptors (Lipinski definition) is 3. The minimum absolute atomic E-state index is 0.150. The lowest BCUT2D eigenvalue weighted by molar-refractivity contribution is -0.120. The highest BCUT2D eigenvalue weighted by Crippen LogP contribution is 2.02. The molecule has 2 rings (SSSR count). The lowest BCUT2D eigenvalue weighted by atomic mass is 10.3. The summed E-state index contributed by atoms with van der Waals surface area (Å²) in [6.07, 6.45) is 3.78. The number of furan rings is 1. The molecule has 5 nitrogen and oxygen atoms in total. The van der Waals surface area contributed by atoms with Gasteiger partial charge in [-0.1, -0.05) is 0 Å². The van der Waals surface area contributed by atoms with Crippen molar-refractivity contribution in [1.29, 1.82) is 0 Å². The van der Waals surface area contributed by atoms with Gasteiger partial charge in [-0.05, 0) is 31.2 Å². The van der Waals surface area contributed by atoms with Crippen LogP contribution in [0.5, 0.6) is 0 Å². The predicted molar refractivity (Wildman–Crippen MR) is 68.2 cm³/mol. The summed E-state index contributed by atoms with van der Waals surface area (Å²) in [6, 6.07) is 7.38. The van der Waals surface area contributed by atoms with E-state index in [-0.39, 0.29) is 5.91 Å². The van der Waals surface area contributed by atoms with Gasteiger partial charge in [-0.25, -0.2) is 5.43 Å². The number of aromatic nitrogens is 1. The van der Waals surface area contributed by atoms with E-state index in [4.69, 9.17) is 4.42 Å². The van der Waals surface area contributed by atoms with Gasteiger partial charge in [0.1, 0.15) is 11.5 Å². The minimum Gasteiger partial charge on any atom is -0.463 e. The third kappa shape index (κ3) is 2.88. The van der Waals surface area contributed by atoms with Gasteiger partial charge in [-0.15, -0.1) is 0 Å². The van der Waals surface area contributed by atoms with E-state index in [1.165, 1.54) is 0 Å². The molecular formula is C13H15N3O2. The Kier molecular flexibility index (Phi) is 3.62. The van der Waals surface area contributed by atoms with Crippen molar-refractivity contribution < 1.29 is 9.21 Å². The number of carbonyl (C=O) groups is 1. The van der Waals surface area contributed by atoms with Gasteiger partial charge in [-0.2, -0.15) is 5.10 Å². The highest BCUT2D eigenvalue weighted by Gasteiger charge is 2.06. The molecule has 18 heavy (non-hydrogen) atoms. The highest BCUT2D eigenvalue weighted by molar-refractivity contribution is 5.96. The van der Waals surface area contributed by atoms with E-state index in [1.807, 2.05) is 29.9 Å². The number of rotatable bonds is 4. The van der Waals surface area contributed by atoms with Gasteiger partial charge in [0.15, 0.2) is 0 Å². The zero-order chi connectivity index (χ0) is 13.0. The Balaban J connectivity index is 1.93. The van der Waals surface area contributed by atoms with Crippen LogP contribution in [0.1, 0.15) is 18.4 Å². The van der Waals surface area contributed by atoms with Crippen molar-refractivity contribution in [3.05, 3.63) is 48.2 Å². The van der Waals surface area contributed by atoms with Crippen molar-refractivity contribution in [2.24, 2.45) is 12.1 Å². The molecule has 2 heterocycles. The van der Waals surface area contributed by atoms with Gasteiger partial charge in [0.25, 0.3) is 0 Å². The van der Waals surface area contributed by atoms with Crippen LogP contribution in [0.3, 0.4) is 0 Å². The summed E-state index contributed by atoms with van der Waals surface area (Å²) in [5.74, 6) is 0.497. The number of carbonyl (C=O) groups excluding carboxylic acids is 1. The summed E-state index contributed by atoms with van der Waals surface area (Å²) in [4.78, 5) is 11.7. The molecule has 0 unspecified atom stereocenters. The number of aryl methyl sites for hydroxylation is 1. The second kappa shape index (κ2) is 5.35. The molecule has 0 spiro atoms. The number of nitrogens with zero attached hydrogens (tertiary/aromatic N) is 2. The Morgan fingerprint density at radius 1 is 1.44 bits per heavy atom. The topological polar surface area (TPSA) is 59.5 Å². The number of hydrazone groups is 1. The van der Waals surface area contributed by atoms with Gasteiger partial charge in [0.05, 0.1) is 12.7 Å². The van der Waals surface area contributed by atoms with E-state index in [0.29, 0.717) is 17.9 Å². The molecule has 1 N–H and O–H groups in total. The lowest BCUT2D eigenvalue weighted by Crippen LogP contribution is -2.22. The molecule has 0 aliphatic carbocycles. The Hall–Kier alpha value is -2.30. The fraction of sp³-hybridized carbons (Fsp3) is 0.231. The molecule has 2 aromatic rings. The van der Waals surface area contributed by atoms with E-state index in [9.17, 15) is 4.79 Å². The second-order valence-corrected chi connectivity index (χ2v) is 4.00. The first-order valence-electron chi connectivity index (χ1n) is 5.64. The minimum atomic E-state index is -0.150. The Morgan fingerprint density at radius 2 is 2.28 bits per heavy atom. The molecule has 2 aromatic heterocycles. The number of amides is 1. The van der Waals surface area contributed by atoms with Crippen molar-refractivity contribution >= 4 is 11.6 Å². The van der Waals surface area contributed by atoms with Gasteiger partial charge in [0, 0.05) is 18.9 Å². The second-order valence-electron chi connectivity index (χ2n) is 4.00. The molecule has 1 amide bonds. The smallest absolute Gasteiger partial charge is 0.246 e. The SMILES string of the molecule is C/C(=N\NC(=O)Cc1cccn1C)c1ccco1. The molecule has 0 radical (unpaired) electrons. The standard InChI is InChI=1S/C13H15N3O2/c1-10(12-6-4-8-18-12)14-15-13(17)9-11-5-3-7-16(11)2/h3-8H,9H2,1-2H3,(H,15,17)/b14-10+. The van der Waals surface area contributed by atoms with Crippen LogP contribution in [0.15, 0.2) is 46.2 Å². The Morgan fingerprint density at radius 3 is 2.89 bits per heavy atom. The monoisotopic (exact) mass is 245 g/mol. The maximum absolute atomic E-state index is 11.7. The summed E-state index contributed by atoms with van der Waals surface area (Å²) >= 11 is 0. The molecule has 0 bridgehead atoms. The number of nitrogens with one attached hydrogen (secondary N) is 1. The summed E-state index contributed by atoms with van der Waals surface area (Å²) in [6.45, 7) is 1.78. The van der Waals surface area contributed by atoms with Crippen molar-refractivity contribution in [2.45, 2.75) is 13.3 Å². The third-order valence-corrected chi connectivity index (χ3v) is 2.62. The molecule has 0 atom stereocenters. The summed E-state index contributed by atoms with van der Waals surface area (Å²) in [7, 11) is 1.90. The van der Waals surface area contributed by atoms with Crippen molar-refractivity contribution in [3.63, 3.8) is 0 Å². The summed E-state index contributed by atoms with van der Waals surface area (Å²) < 4.78 is 7.07. The van der Waals surface area contributed by atoms with Gasteiger partial charge < -0.3 is 8.98 Å². The molecule has 0 aliphatic rings. The van der Waals surface area contributed by atoms with E-state index in [0.717, 1.165) is 5.69 Å². The quantitative estimate of drug-likeness (QED) is 0.658. The Labute approximate surface area is 105 Å². The van der Waals surface area contributed by atoms with Gasteiger partial charge >= 0.3 is 0 Å². The van der Waals surface area contributed by atoms with Crippen LogP contribution in [0.25, 0.3) is 0 Å². The van der Waals surface area contributed by atoms with Crippen LogP contribution in [-0.4, -0.2) is 16.2 Å². The van der Waals surface area contributed by atoms with Gasteiger partial charge in [-0.3, -0.25) is 4.79 Å². The zero-order valence-corrected chi connectivity index (χ0v) is 10.4. The molecule has 0 saturated carbocycles. The van der Waals surface area contributed by atoms with Crippen LogP contribution in [0, 0.1) is 0 Å². The van der Waals surface area contributed by atoms with E-state index in [2.05, 4.69) is 10.5 Å². The maximum atomic E-state index is 11.7. The summed E-state index contributed by atoms with van der Waals surface area (Å²) in [5, 5.41) is 3.99. The first kappa shape index (κ1) is 12.2. The first-order chi connectivity index (χ1) is 8.66. The van der Waals surface area contributed by atoms with Crippen LogP contribution in [0.2, 0.25) is 0 Å². The predicted octanol–water partition coefficient (Wildman–Crippen LogP) is 1.70. The zero-order valence-electron chi connectivity index (χ0n) is 10.4. The average molecular weight is 245 g/mol. The van der Waals surface area contributed by atoms with Crippen LogP contribution >= 0.6 is 0 Å².